The van der Waals surface area contributed by atoms with Gasteiger partial charge in [0.25, 0.3) is 0 Å². The highest BCUT2D eigenvalue weighted by Gasteiger charge is 2.41. The third-order valence-corrected chi connectivity index (χ3v) is 3.20. The third kappa shape index (κ3) is 2.69. The highest BCUT2D eigenvalue weighted by molar-refractivity contribution is 7.98. The lowest BCUT2D eigenvalue weighted by molar-refractivity contribution is -0.148. The fraction of sp³-hybridized carbons (Fsp3) is 0.300. The molecule has 0 unspecified atom stereocenters. The van der Waals surface area contributed by atoms with Crippen molar-refractivity contribution in [2.75, 3.05) is 6.26 Å². The normalized spacial score (nSPS) is 12.9. The van der Waals surface area contributed by atoms with E-state index in [1.54, 1.807) is 0 Å². The van der Waals surface area contributed by atoms with Gasteiger partial charge in [-0.15, -0.1) is 11.8 Å². The van der Waals surface area contributed by atoms with E-state index < -0.39 is 29.4 Å². The van der Waals surface area contributed by atoms with Gasteiger partial charge in [0.2, 0.25) is 0 Å². The Labute approximate surface area is 117 Å². The van der Waals surface area contributed by atoms with Crippen molar-refractivity contribution < 1.29 is 26.3 Å². The number of alkyl halides is 6. The summed E-state index contributed by atoms with van der Waals surface area (Å²) in [6, 6.07) is -0.0994. The van der Waals surface area contributed by atoms with Gasteiger partial charge in [0.15, 0.2) is 11.3 Å². The highest BCUT2D eigenvalue weighted by atomic mass is 32.2. The predicted molar refractivity (Wildman–Crippen MR) is 62.7 cm³/mol. The largest absolute Gasteiger partial charge is 0.433 e. The molecule has 0 spiro atoms. The van der Waals surface area contributed by atoms with Crippen molar-refractivity contribution in [2.45, 2.75) is 17.4 Å². The maximum Gasteiger partial charge on any atom is 0.433 e. The van der Waals surface area contributed by atoms with Gasteiger partial charge in [-0.3, -0.25) is 0 Å². The van der Waals surface area contributed by atoms with Crippen molar-refractivity contribution in [1.29, 1.82) is 5.41 Å². The minimum Gasteiger partial charge on any atom is -0.308 e. The first-order valence-electron chi connectivity index (χ1n) is 5.22. The van der Waals surface area contributed by atoms with Crippen molar-refractivity contribution in [3.05, 3.63) is 23.0 Å². The molecule has 0 saturated carbocycles. The van der Waals surface area contributed by atoms with E-state index in [9.17, 15) is 26.3 Å². The first kappa shape index (κ1) is 15.6. The van der Waals surface area contributed by atoms with E-state index in [1.807, 2.05) is 0 Å². The molecule has 0 amide bonds. The van der Waals surface area contributed by atoms with E-state index in [2.05, 4.69) is 10.1 Å². The Balaban J connectivity index is 2.93. The monoisotopic (exact) mass is 328 g/mol. The maximum absolute atomic E-state index is 12.9. The van der Waals surface area contributed by atoms with Gasteiger partial charge >= 0.3 is 12.4 Å². The second-order valence-electron chi connectivity index (χ2n) is 3.82. The van der Waals surface area contributed by atoms with E-state index in [-0.39, 0.29) is 21.2 Å². The topological polar surface area (TPSA) is 54.0 Å². The van der Waals surface area contributed by atoms with Gasteiger partial charge in [-0.2, -0.15) is 31.4 Å². The summed E-state index contributed by atoms with van der Waals surface area (Å²) in [5.74, 6) is 0. The molecule has 1 N–H and O–H groups in total. The molecule has 0 bridgehead atoms. The summed E-state index contributed by atoms with van der Waals surface area (Å²) in [4.78, 5) is 3.17. The van der Waals surface area contributed by atoms with Crippen LogP contribution in [0.25, 0.3) is 5.65 Å². The molecule has 11 heteroatoms. The van der Waals surface area contributed by atoms with Gasteiger partial charge in [-0.25, -0.2) is 9.50 Å². The average molecular weight is 328 g/mol. The number of aromatic nitrogens is 3. The van der Waals surface area contributed by atoms with Crippen LogP contribution < -0.4 is 0 Å². The number of nitrogens with one attached hydrogen (secondary N) is 1. The molecule has 0 fully saturated rings. The van der Waals surface area contributed by atoms with E-state index in [0.29, 0.717) is 6.21 Å². The number of fused-ring (bicyclic) bond motifs is 1. The molecular weight excluding hydrogens is 322 g/mol. The molecule has 0 saturated heterocycles. The zero-order chi connectivity index (χ0) is 16.0. The van der Waals surface area contributed by atoms with E-state index >= 15 is 0 Å². The quantitative estimate of drug-likeness (QED) is 0.522. The number of halogens is 6. The van der Waals surface area contributed by atoms with Crippen LogP contribution in [0.15, 0.2) is 11.1 Å². The second-order valence-corrected chi connectivity index (χ2v) is 4.62. The summed E-state index contributed by atoms with van der Waals surface area (Å²) in [6.07, 6.45) is -7.97. The van der Waals surface area contributed by atoms with Crippen LogP contribution in [0, 0.1) is 5.41 Å². The van der Waals surface area contributed by atoms with Crippen LogP contribution in [0.1, 0.15) is 17.0 Å². The minimum absolute atomic E-state index is 0.0117. The third-order valence-electron chi connectivity index (χ3n) is 2.51. The average Bonchev–Trinajstić information content (AvgIpc) is 2.72. The highest BCUT2D eigenvalue weighted by Crippen LogP contribution is 2.36. The molecule has 2 heterocycles. The van der Waals surface area contributed by atoms with E-state index in [1.165, 1.54) is 6.26 Å². The standard InChI is InChI=1S/C10H6F6N4S/c1-21-8-4(3-17)7-18-5(9(11,12)13)2-6(10(14,15)16)20(7)19-8/h2-3,17H,1H3. The predicted octanol–water partition coefficient (Wildman–Crippen LogP) is 3.49. The molecular formula is C10H6F6N4S. The Morgan fingerprint density at radius 2 is 1.81 bits per heavy atom. The Morgan fingerprint density at radius 3 is 2.24 bits per heavy atom. The summed E-state index contributed by atoms with van der Waals surface area (Å²) in [7, 11) is 0. The molecule has 4 nitrogen and oxygen atoms in total. The first-order valence-corrected chi connectivity index (χ1v) is 6.44. The number of hydrogen-bond donors (Lipinski definition) is 1. The molecule has 2 rings (SSSR count). The lowest BCUT2D eigenvalue weighted by atomic mass is 10.3. The van der Waals surface area contributed by atoms with Crippen molar-refractivity contribution in [3.63, 3.8) is 0 Å². The fourth-order valence-corrected chi connectivity index (χ4v) is 2.17. The molecule has 21 heavy (non-hydrogen) atoms. The lowest BCUT2D eigenvalue weighted by Crippen LogP contribution is -2.18. The van der Waals surface area contributed by atoms with Gasteiger partial charge < -0.3 is 5.41 Å². The zero-order valence-corrected chi connectivity index (χ0v) is 11.0. The fourth-order valence-electron chi connectivity index (χ4n) is 1.64. The van der Waals surface area contributed by atoms with Crippen LogP contribution in [0.5, 0.6) is 0 Å². The number of hydrogen-bond acceptors (Lipinski definition) is 4. The number of nitrogens with zero attached hydrogens (tertiary/aromatic N) is 3. The summed E-state index contributed by atoms with van der Waals surface area (Å²) in [6.45, 7) is 0. The van der Waals surface area contributed by atoms with E-state index in [0.717, 1.165) is 11.8 Å². The molecule has 114 valence electrons. The van der Waals surface area contributed by atoms with Gasteiger partial charge in [0, 0.05) is 6.21 Å². The summed E-state index contributed by atoms with van der Waals surface area (Å²) in [5.41, 5.74) is -4.13. The van der Waals surface area contributed by atoms with Gasteiger partial charge in [0.05, 0.1) is 5.56 Å². The Kier molecular flexibility index (Phi) is 3.64. The van der Waals surface area contributed by atoms with Crippen LogP contribution in [-0.4, -0.2) is 27.1 Å². The van der Waals surface area contributed by atoms with Gasteiger partial charge in [0.1, 0.15) is 10.7 Å². The Bertz CT molecular complexity index is 702. The lowest BCUT2D eigenvalue weighted by Gasteiger charge is -2.12. The van der Waals surface area contributed by atoms with Crippen molar-refractivity contribution in [2.24, 2.45) is 0 Å². The SMILES string of the molecule is CSc1nn2c(C(F)(F)F)cc(C(F)(F)F)nc2c1C=N. The molecule has 0 aliphatic heterocycles. The van der Waals surface area contributed by atoms with Crippen molar-refractivity contribution >= 4 is 23.6 Å². The summed E-state index contributed by atoms with van der Waals surface area (Å²) < 4.78 is 77.1. The molecule has 2 aromatic heterocycles. The Hall–Kier alpha value is -1.78. The van der Waals surface area contributed by atoms with Gasteiger partial charge in [-0.1, -0.05) is 0 Å². The molecule has 0 aliphatic carbocycles. The molecule has 2 aromatic rings. The Morgan fingerprint density at radius 1 is 1.19 bits per heavy atom. The van der Waals surface area contributed by atoms with Crippen LogP contribution in [0.4, 0.5) is 26.3 Å². The summed E-state index contributed by atoms with van der Waals surface area (Å²) in [5, 5.41) is 10.7. The first-order chi connectivity index (χ1) is 9.59. The smallest absolute Gasteiger partial charge is 0.308 e. The number of thioether (sulfide) groups is 1. The summed E-state index contributed by atoms with van der Waals surface area (Å²) >= 11 is 0.907. The minimum atomic E-state index is -5.04. The zero-order valence-electron chi connectivity index (χ0n) is 10.2. The molecule has 0 aliphatic rings. The van der Waals surface area contributed by atoms with E-state index in [4.69, 9.17) is 5.41 Å². The second kappa shape index (κ2) is 4.90. The molecule has 0 aromatic carbocycles. The van der Waals surface area contributed by atoms with Crippen LogP contribution >= 0.6 is 11.8 Å². The van der Waals surface area contributed by atoms with Crippen LogP contribution in [0.2, 0.25) is 0 Å². The molecule has 0 atom stereocenters. The van der Waals surface area contributed by atoms with Crippen LogP contribution in [-0.2, 0) is 12.4 Å². The molecule has 0 radical (unpaired) electrons. The number of rotatable bonds is 2. The van der Waals surface area contributed by atoms with Crippen molar-refractivity contribution in [3.8, 4) is 0 Å². The van der Waals surface area contributed by atoms with Crippen molar-refractivity contribution in [1.82, 2.24) is 14.6 Å². The van der Waals surface area contributed by atoms with Gasteiger partial charge in [-0.05, 0) is 12.3 Å². The maximum atomic E-state index is 12.9. The van der Waals surface area contributed by atoms with Crippen LogP contribution in [0.3, 0.4) is 0 Å².